The third-order valence-electron chi connectivity index (χ3n) is 3.43. The molecule has 1 aliphatic rings. The molecule has 1 saturated heterocycles. The van der Waals surface area contributed by atoms with Gasteiger partial charge in [0.15, 0.2) is 9.84 Å². The Morgan fingerprint density at radius 3 is 2.85 bits per heavy atom. The molecule has 2 atom stereocenters. The third kappa shape index (κ3) is 3.70. The van der Waals surface area contributed by atoms with Gasteiger partial charge in [0, 0.05) is 11.6 Å². The maximum Gasteiger partial charge on any atom is 0.154 e. The smallest absolute Gasteiger partial charge is 0.154 e. The van der Waals surface area contributed by atoms with E-state index >= 15 is 0 Å². The summed E-state index contributed by atoms with van der Waals surface area (Å²) in [5.74, 6) is 0.439. The average Bonchev–Trinajstić information content (AvgIpc) is 2.71. The van der Waals surface area contributed by atoms with Gasteiger partial charge in [-0.15, -0.1) is 0 Å². The van der Waals surface area contributed by atoms with E-state index in [1.165, 1.54) is 12.1 Å². The SMILES string of the molecule is CCNC(C)c1cc(F)ccc1OC1CCS(=O)(=O)C1. The maximum atomic E-state index is 13.4. The lowest BCUT2D eigenvalue weighted by Gasteiger charge is -2.20. The molecule has 1 heterocycles. The zero-order valence-electron chi connectivity index (χ0n) is 11.7. The van der Waals surface area contributed by atoms with Crippen LogP contribution in [0.3, 0.4) is 0 Å². The molecule has 0 radical (unpaired) electrons. The Balaban J connectivity index is 2.19. The minimum absolute atomic E-state index is 0.0411. The van der Waals surface area contributed by atoms with E-state index in [-0.39, 0.29) is 29.5 Å². The maximum absolute atomic E-state index is 13.4. The van der Waals surface area contributed by atoms with Gasteiger partial charge in [0.2, 0.25) is 0 Å². The van der Waals surface area contributed by atoms with Crippen LogP contribution >= 0.6 is 0 Å². The monoisotopic (exact) mass is 301 g/mol. The van der Waals surface area contributed by atoms with Crippen molar-refractivity contribution in [3.8, 4) is 5.75 Å². The van der Waals surface area contributed by atoms with E-state index in [4.69, 9.17) is 4.74 Å². The number of rotatable bonds is 5. The van der Waals surface area contributed by atoms with Gasteiger partial charge in [-0.25, -0.2) is 12.8 Å². The van der Waals surface area contributed by atoms with Gasteiger partial charge in [0.1, 0.15) is 17.7 Å². The van der Waals surface area contributed by atoms with Crippen LogP contribution in [-0.2, 0) is 9.84 Å². The predicted octanol–water partition coefficient (Wildman–Crippen LogP) is 2.06. The van der Waals surface area contributed by atoms with Crippen LogP contribution in [0.2, 0.25) is 0 Å². The van der Waals surface area contributed by atoms with Gasteiger partial charge in [0.25, 0.3) is 0 Å². The van der Waals surface area contributed by atoms with Crippen molar-refractivity contribution in [1.82, 2.24) is 5.32 Å². The van der Waals surface area contributed by atoms with Gasteiger partial charge in [-0.05, 0) is 38.1 Å². The predicted molar refractivity (Wildman–Crippen MR) is 76.2 cm³/mol. The molecule has 0 amide bonds. The molecular formula is C14H20FNO3S. The van der Waals surface area contributed by atoms with Crippen LogP contribution in [-0.4, -0.2) is 32.6 Å². The molecule has 0 spiro atoms. The number of halogens is 1. The second kappa shape index (κ2) is 6.10. The van der Waals surface area contributed by atoms with Crippen LogP contribution in [0.15, 0.2) is 18.2 Å². The van der Waals surface area contributed by atoms with E-state index < -0.39 is 9.84 Å². The summed E-state index contributed by atoms with van der Waals surface area (Å²) in [5.41, 5.74) is 0.719. The average molecular weight is 301 g/mol. The Kier molecular flexibility index (Phi) is 4.65. The highest BCUT2D eigenvalue weighted by Crippen LogP contribution is 2.29. The van der Waals surface area contributed by atoms with Crippen molar-refractivity contribution in [2.24, 2.45) is 0 Å². The molecule has 0 aromatic heterocycles. The van der Waals surface area contributed by atoms with E-state index in [9.17, 15) is 12.8 Å². The van der Waals surface area contributed by atoms with Gasteiger partial charge < -0.3 is 10.1 Å². The minimum Gasteiger partial charge on any atom is -0.489 e. The van der Waals surface area contributed by atoms with Crippen LogP contribution in [0.25, 0.3) is 0 Å². The number of hydrogen-bond donors (Lipinski definition) is 1. The quantitative estimate of drug-likeness (QED) is 0.904. The fourth-order valence-electron chi connectivity index (χ4n) is 2.41. The lowest BCUT2D eigenvalue weighted by atomic mass is 10.1. The molecule has 6 heteroatoms. The van der Waals surface area contributed by atoms with Gasteiger partial charge in [-0.1, -0.05) is 6.92 Å². The first kappa shape index (κ1) is 15.3. The summed E-state index contributed by atoms with van der Waals surface area (Å²) in [5, 5.41) is 3.21. The fraction of sp³-hybridized carbons (Fsp3) is 0.571. The molecule has 112 valence electrons. The van der Waals surface area contributed by atoms with Crippen LogP contribution in [0.5, 0.6) is 5.75 Å². The van der Waals surface area contributed by atoms with E-state index in [0.717, 1.165) is 12.1 Å². The van der Waals surface area contributed by atoms with Crippen LogP contribution in [0.1, 0.15) is 31.9 Å². The Bertz CT molecular complexity index is 574. The zero-order valence-corrected chi connectivity index (χ0v) is 12.5. The molecule has 1 N–H and O–H groups in total. The second-order valence-electron chi connectivity index (χ2n) is 5.10. The van der Waals surface area contributed by atoms with Crippen molar-refractivity contribution in [1.29, 1.82) is 0 Å². The summed E-state index contributed by atoms with van der Waals surface area (Å²) >= 11 is 0. The molecule has 1 aromatic rings. The van der Waals surface area contributed by atoms with Gasteiger partial charge in [-0.3, -0.25) is 0 Å². The van der Waals surface area contributed by atoms with Gasteiger partial charge in [0.05, 0.1) is 11.5 Å². The fourth-order valence-corrected chi connectivity index (χ4v) is 4.00. The second-order valence-corrected chi connectivity index (χ2v) is 7.33. The summed E-state index contributed by atoms with van der Waals surface area (Å²) in [4.78, 5) is 0. The normalized spacial score (nSPS) is 22.6. The van der Waals surface area contributed by atoms with Gasteiger partial charge >= 0.3 is 0 Å². The molecule has 1 aliphatic heterocycles. The highest BCUT2D eigenvalue weighted by atomic mass is 32.2. The third-order valence-corrected chi connectivity index (χ3v) is 5.17. The van der Waals surface area contributed by atoms with E-state index in [1.807, 2.05) is 13.8 Å². The summed E-state index contributed by atoms with van der Waals surface area (Å²) < 4.78 is 42.1. The molecule has 1 fully saturated rings. The highest BCUT2D eigenvalue weighted by Gasteiger charge is 2.30. The molecular weight excluding hydrogens is 281 g/mol. The zero-order chi connectivity index (χ0) is 14.8. The number of hydrogen-bond acceptors (Lipinski definition) is 4. The van der Waals surface area contributed by atoms with E-state index in [2.05, 4.69) is 5.32 Å². The topological polar surface area (TPSA) is 55.4 Å². The molecule has 2 unspecified atom stereocenters. The van der Waals surface area contributed by atoms with Crippen molar-refractivity contribution < 1.29 is 17.5 Å². The minimum atomic E-state index is -2.98. The Hall–Kier alpha value is -1.14. The summed E-state index contributed by atoms with van der Waals surface area (Å²) in [6, 6.07) is 4.29. The first-order valence-electron chi connectivity index (χ1n) is 6.81. The van der Waals surface area contributed by atoms with Crippen LogP contribution in [0, 0.1) is 5.82 Å². The summed E-state index contributed by atoms with van der Waals surface area (Å²) in [6.45, 7) is 4.66. The molecule has 0 saturated carbocycles. The molecule has 4 nitrogen and oxygen atoms in total. The van der Waals surface area contributed by atoms with Crippen molar-refractivity contribution in [3.63, 3.8) is 0 Å². The van der Waals surface area contributed by atoms with Crippen molar-refractivity contribution in [2.45, 2.75) is 32.4 Å². The molecule has 1 aromatic carbocycles. The molecule has 0 bridgehead atoms. The Morgan fingerprint density at radius 2 is 2.25 bits per heavy atom. The highest BCUT2D eigenvalue weighted by molar-refractivity contribution is 7.91. The first-order chi connectivity index (χ1) is 9.41. The number of ether oxygens (including phenoxy) is 1. The summed E-state index contributed by atoms with van der Waals surface area (Å²) in [7, 11) is -2.98. The Morgan fingerprint density at radius 1 is 1.50 bits per heavy atom. The van der Waals surface area contributed by atoms with Gasteiger partial charge in [-0.2, -0.15) is 0 Å². The molecule has 2 rings (SSSR count). The summed E-state index contributed by atoms with van der Waals surface area (Å²) in [6.07, 6.45) is 0.160. The number of benzene rings is 1. The van der Waals surface area contributed by atoms with Crippen molar-refractivity contribution in [2.75, 3.05) is 18.1 Å². The van der Waals surface area contributed by atoms with Crippen molar-refractivity contribution >= 4 is 9.84 Å². The number of nitrogens with one attached hydrogen (secondary N) is 1. The molecule has 20 heavy (non-hydrogen) atoms. The standard InChI is InChI=1S/C14H20FNO3S/c1-3-16-10(2)13-8-11(15)4-5-14(13)19-12-6-7-20(17,18)9-12/h4-5,8,10,12,16H,3,6-7,9H2,1-2H3. The lowest BCUT2D eigenvalue weighted by Crippen LogP contribution is -2.22. The Labute approximate surface area is 119 Å². The lowest BCUT2D eigenvalue weighted by molar-refractivity contribution is 0.224. The largest absolute Gasteiger partial charge is 0.489 e. The molecule has 0 aliphatic carbocycles. The van der Waals surface area contributed by atoms with E-state index in [1.54, 1.807) is 6.07 Å². The van der Waals surface area contributed by atoms with Crippen LogP contribution in [0.4, 0.5) is 4.39 Å². The van der Waals surface area contributed by atoms with Crippen molar-refractivity contribution in [3.05, 3.63) is 29.6 Å². The van der Waals surface area contributed by atoms with Crippen LogP contribution < -0.4 is 10.1 Å². The van der Waals surface area contributed by atoms with E-state index in [0.29, 0.717) is 12.2 Å². The number of sulfone groups is 1. The first-order valence-corrected chi connectivity index (χ1v) is 8.63.